The van der Waals surface area contributed by atoms with E-state index in [-0.39, 0.29) is 22.7 Å². The molecule has 0 aliphatic rings. The van der Waals surface area contributed by atoms with Gasteiger partial charge in [0.25, 0.3) is 0 Å². The Labute approximate surface area is 116 Å². The number of hydrogen-bond acceptors (Lipinski definition) is 6. The molecule has 0 fully saturated rings. The van der Waals surface area contributed by atoms with Gasteiger partial charge in [-0.1, -0.05) is 13.8 Å². The number of benzene rings is 1. The average Bonchev–Trinajstić information content (AvgIpc) is 2.37. The number of nitro groups is 2. The highest BCUT2D eigenvalue weighted by Crippen LogP contribution is 2.39. The quantitative estimate of drug-likeness (QED) is 0.467. The third kappa shape index (κ3) is 3.34. The number of nitrogens with zero attached hydrogens (tertiary/aromatic N) is 3. The van der Waals surface area contributed by atoms with Crippen molar-refractivity contribution in [3.8, 4) is 0 Å². The van der Waals surface area contributed by atoms with Gasteiger partial charge in [-0.15, -0.1) is 0 Å². The number of nitrogen functional groups attached to an aromatic ring is 1. The van der Waals surface area contributed by atoms with Crippen LogP contribution in [0.1, 0.15) is 26.7 Å². The van der Waals surface area contributed by atoms with E-state index in [4.69, 9.17) is 5.73 Å². The van der Waals surface area contributed by atoms with Gasteiger partial charge < -0.3 is 10.6 Å². The van der Waals surface area contributed by atoms with Crippen molar-refractivity contribution in [2.24, 2.45) is 0 Å². The molecular weight excluding hydrogens is 264 g/mol. The van der Waals surface area contributed by atoms with Crippen molar-refractivity contribution in [3.05, 3.63) is 32.4 Å². The van der Waals surface area contributed by atoms with E-state index in [0.717, 1.165) is 12.8 Å². The van der Waals surface area contributed by atoms with Gasteiger partial charge in [0.1, 0.15) is 0 Å². The number of hydrogen-bond donors (Lipinski definition) is 1. The first-order chi connectivity index (χ1) is 9.42. The van der Waals surface area contributed by atoms with Crippen LogP contribution in [0.15, 0.2) is 12.1 Å². The molecule has 0 unspecified atom stereocenters. The second kappa shape index (κ2) is 6.69. The van der Waals surface area contributed by atoms with Gasteiger partial charge in [-0.3, -0.25) is 20.2 Å². The van der Waals surface area contributed by atoms with E-state index in [1.165, 1.54) is 12.1 Å². The zero-order chi connectivity index (χ0) is 15.3. The molecule has 0 spiro atoms. The summed E-state index contributed by atoms with van der Waals surface area (Å²) in [5.41, 5.74) is 4.94. The molecular formula is C12H18N4O4. The van der Waals surface area contributed by atoms with Crippen LogP contribution in [0, 0.1) is 20.2 Å². The molecule has 0 saturated heterocycles. The van der Waals surface area contributed by atoms with Gasteiger partial charge >= 0.3 is 11.4 Å². The molecule has 0 aliphatic carbocycles. The SMILES string of the molecule is CCCN(CCC)c1c([N+](=O)[O-])cc(N)cc1[N+](=O)[O-]. The minimum absolute atomic E-state index is 0.0140. The Hall–Kier alpha value is -2.38. The Morgan fingerprint density at radius 1 is 1.05 bits per heavy atom. The van der Waals surface area contributed by atoms with Gasteiger partial charge in [-0.05, 0) is 12.8 Å². The standard InChI is InChI=1S/C12H18N4O4/c1-3-5-14(6-4-2)12-10(15(17)18)7-9(13)8-11(12)16(19)20/h7-8H,3-6,13H2,1-2H3. The summed E-state index contributed by atoms with van der Waals surface area (Å²) in [4.78, 5) is 22.7. The molecule has 20 heavy (non-hydrogen) atoms. The van der Waals surface area contributed by atoms with E-state index in [1.54, 1.807) is 4.90 Å². The maximum Gasteiger partial charge on any atom is 0.301 e. The van der Waals surface area contributed by atoms with Crippen LogP contribution in [0.3, 0.4) is 0 Å². The minimum Gasteiger partial charge on any atom is -0.398 e. The summed E-state index contributed by atoms with van der Waals surface area (Å²) < 4.78 is 0. The molecule has 1 rings (SSSR count). The highest BCUT2D eigenvalue weighted by molar-refractivity contribution is 5.79. The van der Waals surface area contributed by atoms with Gasteiger partial charge in [0, 0.05) is 30.9 Å². The molecule has 8 heteroatoms. The van der Waals surface area contributed by atoms with Crippen molar-refractivity contribution in [2.75, 3.05) is 23.7 Å². The second-order valence-electron chi connectivity index (χ2n) is 4.41. The first kappa shape index (κ1) is 15.7. The summed E-state index contributed by atoms with van der Waals surface area (Å²) in [7, 11) is 0. The first-order valence-corrected chi connectivity index (χ1v) is 6.39. The number of nitrogens with two attached hydrogens (primary N) is 1. The van der Waals surface area contributed by atoms with Crippen LogP contribution in [0.5, 0.6) is 0 Å². The Kier molecular flexibility index (Phi) is 5.24. The summed E-state index contributed by atoms with van der Waals surface area (Å²) in [5.74, 6) is 0. The Balaban J connectivity index is 3.52. The van der Waals surface area contributed by atoms with Crippen LogP contribution in [0.25, 0.3) is 0 Å². The lowest BCUT2D eigenvalue weighted by Crippen LogP contribution is -2.26. The molecule has 0 amide bonds. The zero-order valence-electron chi connectivity index (χ0n) is 11.5. The van der Waals surface area contributed by atoms with Gasteiger partial charge in [-0.2, -0.15) is 0 Å². The summed E-state index contributed by atoms with van der Waals surface area (Å²) in [5, 5.41) is 22.3. The van der Waals surface area contributed by atoms with Crippen LogP contribution in [0.2, 0.25) is 0 Å². The Morgan fingerprint density at radius 2 is 1.45 bits per heavy atom. The maximum atomic E-state index is 11.2. The molecule has 1 aromatic carbocycles. The smallest absolute Gasteiger partial charge is 0.301 e. The summed E-state index contributed by atoms with van der Waals surface area (Å²) in [6.07, 6.45) is 1.47. The molecule has 110 valence electrons. The van der Waals surface area contributed by atoms with Crippen molar-refractivity contribution in [1.29, 1.82) is 0 Å². The maximum absolute atomic E-state index is 11.2. The summed E-state index contributed by atoms with van der Waals surface area (Å²) >= 11 is 0. The Bertz CT molecular complexity index is 477. The van der Waals surface area contributed by atoms with E-state index < -0.39 is 9.85 Å². The van der Waals surface area contributed by atoms with Gasteiger partial charge in [0.2, 0.25) is 0 Å². The van der Waals surface area contributed by atoms with Crippen molar-refractivity contribution in [3.63, 3.8) is 0 Å². The third-order valence-corrected chi connectivity index (χ3v) is 2.79. The van der Waals surface area contributed by atoms with E-state index in [9.17, 15) is 20.2 Å². The molecule has 1 aromatic rings. The van der Waals surface area contributed by atoms with Crippen molar-refractivity contribution < 1.29 is 9.85 Å². The topological polar surface area (TPSA) is 116 Å². The summed E-state index contributed by atoms with van der Waals surface area (Å²) in [6.45, 7) is 4.86. The molecule has 0 radical (unpaired) electrons. The highest BCUT2D eigenvalue weighted by atomic mass is 16.6. The zero-order valence-corrected chi connectivity index (χ0v) is 11.5. The van der Waals surface area contributed by atoms with Gasteiger partial charge in [-0.25, -0.2) is 0 Å². The Morgan fingerprint density at radius 3 is 1.75 bits per heavy atom. The van der Waals surface area contributed by atoms with Crippen molar-refractivity contribution >= 4 is 22.7 Å². The van der Waals surface area contributed by atoms with Gasteiger partial charge in [0.05, 0.1) is 9.85 Å². The molecule has 0 aromatic heterocycles. The molecule has 0 aliphatic heterocycles. The van der Waals surface area contributed by atoms with E-state index >= 15 is 0 Å². The fourth-order valence-corrected chi connectivity index (χ4v) is 2.10. The van der Waals surface area contributed by atoms with Crippen LogP contribution in [-0.4, -0.2) is 22.9 Å². The molecule has 0 heterocycles. The lowest BCUT2D eigenvalue weighted by atomic mass is 10.1. The molecule has 0 bridgehead atoms. The van der Waals surface area contributed by atoms with E-state index in [0.29, 0.717) is 13.1 Å². The number of rotatable bonds is 7. The average molecular weight is 282 g/mol. The third-order valence-electron chi connectivity index (χ3n) is 2.79. The first-order valence-electron chi connectivity index (χ1n) is 6.39. The van der Waals surface area contributed by atoms with Gasteiger partial charge in [0.15, 0.2) is 5.69 Å². The molecule has 2 N–H and O–H groups in total. The fourth-order valence-electron chi connectivity index (χ4n) is 2.10. The monoisotopic (exact) mass is 282 g/mol. The van der Waals surface area contributed by atoms with Crippen LogP contribution >= 0.6 is 0 Å². The predicted molar refractivity (Wildman–Crippen MR) is 77.0 cm³/mol. The normalized spacial score (nSPS) is 10.3. The largest absolute Gasteiger partial charge is 0.398 e. The van der Waals surface area contributed by atoms with E-state index in [2.05, 4.69) is 0 Å². The summed E-state index contributed by atoms with van der Waals surface area (Å²) in [6, 6.07) is 2.33. The van der Waals surface area contributed by atoms with Crippen LogP contribution in [0.4, 0.5) is 22.7 Å². The lowest BCUT2D eigenvalue weighted by molar-refractivity contribution is -0.392. The lowest BCUT2D eigenvalue weighted by Gasteiger charge is -2.23. The second-order valence-corrected chi connectivity index (χ2v) is 4.41. The molecule has 0 atom stereocenters. The number of nitro benzene ring substituents is 2. The van der Waals surface area contributed by atoms with Crippen LogP contribution in [-0.2, 0) is 0 Å². The van der Waals surface area contributed by atoms with E-state index in [1.807, 2.05) is 13.8 Å². The predicted octanol–water partition coefficient (Wildman–Crippen LogP) is 2.71. The molecule has 0 saturated carbocycles. The number of anilines is 2. The fraction of sp³-hybridized carbons (Fsp3) is 0.500. The van der Waals surface area contributed by atoms with Crippen molar-refractivity contribution in [2.45, 2.75) is 26.7 Å². The highest BCUT2D eigenvalue weighted by Gasteiger charge is 2.30. The van der Waals surface area contributed by atoms with Crippen molar-refractivity contribution in [1.82, 2.24) is 0 Å². The molecule has 8 nitrogen and oxygen atoms in total. The minimum atomic E-state index is -0.628. The van der Waals surface area contributed by atoms with Crippen LogP contribution < -0.4 is 10.6 Å².